The van der Waals surface area contributed by atoms with E-state index in [1.807, 2.05) is 25.1 Å². The summed E-state index contributed by atoms with van der Waals surface area (Å²) < 4.78 is 5.34. The van der Waals surface area contributed by atoms with E-state index in [2.05, 4.69) is 15.6 Å². The monoisotopic (exact) mass is 299 g/mol. The standard InChI is InChI=1S/C17H21N3O2/c1-12-2-4-14(10-15(12)17-19-8-9-22-17)20-16(21)5-3-13-6-7-18-11-13/h2,4,8-10,13,18H,3,5-7,11H2,1H3,(H,20,21). The van der Waals surface area contributed by atoms with Crippen LogP contribution in [-0.4, -0.2) is 24.0 Å². The van der Waals surface area contributed by atoms with Crippen molar-refractivity contribution in [3.05, 3.63) is 36.2 Å². The fourth-order valence-electron chi connectivity index (χ4n) is 2.81. The van der Waals surface area contributed by atoms with Crippen molar-refractivity contribution < 1.29 is 9.21 Å². The highest BCUT2D eigenvalue weighted by atomic mass is 16.3. The molecular formula is C17H21N3O2. The number of nitrogens with zero attached hydrogens (tertiary/aromatic N) is 1. The van der Waals surface area contributed by atoms with E-state index < -0.39 is 0 Å². The lowest BCUT2D eigenvalue weighted by atomic mass is 10.0. The Hall–Kier alpha value is -2.14. The molecule has 1 aliphatic rings. The molecule has 1 unspecified atom stereocenters. The fourth-order valence-corrected chi connectivity index (χ4v) is 2.81. The maximum atomic E-state index is 12.1. The molecule has 1 amide bonds. The highest BCUT2D eigenvalue weighted by Crippen LogP contribution is 2.25. The molecule has 5 nitrogen and oxygen atoms in total. The molecule has 1 fully saturated rings. The molecule has 1 saturated heterocycles. The number of amides is 1. The lowest BCUT2D eigenvalue weighted by Gasteiger charge is -2.10. The SMILES string of the molecule is Cc1ccc(NC(=O)CCC2CCNC2)cc1-c1ncco1. The second-order valence-electron chi connectivity index (χ2n) is 5.81. The van der Waals surface area contributed by atoms with Gasteiger partial charge in [0.25, 0.3) is 0 Å². The van der Waals surface area contributed by atoms with Gasteiger partial charge in [0, 0.05) is 17.7 Å². The number of carbonyl (C=O) groups excluding carboxylic acids is 1. The molecule has 3 rings (SSSR count). The molecular weight excluding hydrogens is 278 g/mol. The Bertz CT molecular complexity index is 631. The number of oxazole rings is 1. The first-order valence-electron chi connectivity index (χ1n) is 7.73. The predicted molar refractivity (Wildman–Crippen MR) is 85.5 cm³/mol. The third-order valence-electron chi connectivity index (χ3n) is 4.13. The van der Waals surface area contributed by atoms with Crippen LogP contribution < -0.4 is 10.6 Å². The summed E-state index contributed by atoms with van der Waals surface area (Å²) >= 11 is 0. The lowest BCUT2D eigenvalue weighted by molar-refractivity contribution is -0.116. The minimum atomic E-state index is 0.0640. The number of anilines is 1. The van der Waals surface area contributed by atoms with Crippen molar-refractivity contribution in [1.82, 2.24) is 10.3 Å². The van der Waals surface area contributed by atoms with Gasteiger partial charge in [0.1, 0.15) is 6.26 Å². The largest absolute Gasteiger partial charge is 0.445 e. The van der Waals surface area contributed by atoms with Gasteiger partial charge in [0.2, 0.25) is 11.8 Å². The summed E-state index contributed by atoms with van der Waals surface area (Å²) in [6.07, 6.45) is 5.85. The van der Waals surface area contributed by atoms with E-state index in [1.54, 1.807) is 12.5 Å². The van der Waals surface area contributed by atoms with E-state index in [0.29, 0.717) is 18.2 Å². The van der Waals surface area contributed by atoms with Crippen molar-refractivity contribution in [3.63, 3.8) is 0 Å². The minimum absolute atomic E-state index is 0.0640. The number of carbonyl (C=O) groups is 1. The molecule has 2 N–H and O–H groups in total. The Balaban J connectivity index is 1.62. The molecule has 0 saturated carbocycles. The van der Waals surface area contributed by atoms with Crippen molar-refractivity contribution in [2.24, 2.45) is 5.92 Å². The van der Waals surface area contributed by atoms with Gasteiger partial charge in [0.15, 0.2) is 0 Å². The Morgan fingerprint density at radius 3 is 3.14 bits per heavy atom. The van der Waals surface area contributed by atoms with Gasteiger partial charge in [-0.2, -0.15) is 0 Å². The summed E-state index contributed by atoms with van der Waals surface area (Å²) in [7, 11) is 0. The average Bonchev–Trinajstić information content (AvgIpc) is 3.20. The first-order valence-corrected chi connectivity index (χ1v) is 7.73. The van der Waals surface area contributed by atoms with E-state index in [9.17, 15) is 4.79 Å². The Labute approximate surface area is 130 Å². The Kier molecular flexibility index (Phi) is 4.53. The number of hydrogen-bond donors (Lipinski definition) is 2. The van der Waals surface area contributed by atoms with Crippen molar-refractivity contribution in [2.45, 2.75) is 26.2 Å². The molecule has 22 heavy (non-hydrogen) atoms. The van der Waals surface area contributed by atoms with Gasteiger partial charge < -0.3 is 15.1 Å². The second kappa shape index (κ2) is 6.75. The van der Waals surface area contributed by atoms with Gasteiger partial charge in [-0.05, 0) is 56.5 Å². The highest BCUT2D eigenvalue weighted by Gasteiger charge is 2.16. The normalized spacial score (nSPS) is 17.6. The number of benzene rings is 1. The van der Waals surface area contributed by atoms with Gasteiger partial charge in [-0.25, -0.2) is 4.98 Å². The molecule has 1 atom stereocenters. The highest BCUT2D eigenvalue weighted by molar-refractivity contribution is 5.91. The molecule has 0 spiro atoms. The second-order valence-corrected chi connectivity index (χ2v) is 5.81. The van der Waals surface area contributed by atoms with E-state index in [1.165, 1.54) is 6.42 Å². The summed E-state index contributed by atoms with van der Waals surface area (Å²) in [5, 5.41) is 6.29. The van der Waals surface area contributed by atoms with Gasteiger partial charge in [-0.1, -0.05) is 6.07 Å². The Morgan fingerprint density at radius 2 is 2.41 bits per heavy atom. The molecule has 0 bridgehead atoms. The van der Waals surface area contributed by atoms with Gasteiger partial charge in [-0.3, -0.25) is 4.79 Å². The maximum Gasteiger partial charge on any atom is 0.226 e. The summed E-state index contributed by atoms with van der Waals surface area (Å²) in [4.78, 5) is 16.3. The minimum Gasteiger partial charge on any atom is -0.445 e. The zero-order valence-electron chi connectivity index (χ0n) is 12.8. The zero-order valence-corrected chi connectivity index (χ0v) is 12.8. The number of nitrogens with one attached hydrogen (secondary N) is 2. The maximum absolute atomic E-state index is 12.1. The van der Waals surface area contributed by atoms with E-state index >= 15 is 0 Å². The summed E-state index contributed by atoms with van der Waals surface area (Å²) in [5.41, 5.74) is 2.76. The lowest BCUT2D eigenvalue weighted by Crippen LogP contribution is -2.15. The van der Waals surface area contributed by atoms with Crippen LogP contribution in [0.2, 0.25) is 0 Å². The van der Waals surface area contributed by atoms with Crippen molar-refractivity contribution in [1.29, 1.82) is 0 Å². The van der Waals surface area contributed by atoms with Crippen LogP contribution in [0.15, 0.2) is 35.1 Å². The molecule has 2 heterocycles. The molecule has 1 aliphatic heterocycles. The smallest absolute Gasteiger partial charge is 0.226 e. The number of aryl methyl sites for hydroxylation is 1. The van der Waals surface area contributed by atoms with Crippen LogP contribution in [0.1, 0.15) is 24.8 Å². The fraction of sp³-hybridized carbons (Fsp3) is 0.412. The number of aromatic nitrogens is 1. The number of hydrogen-bond acceptors (Lipinski definition) is 4. The molecule has 5 heteroatoms. The van der Waals surface area contributed by atoms with Gasteiger partial charge in [-0.15, -0.1) is 0 Å². The average molecular weight is 299 g/mol. The molecule has 116 valence electrons. The van der Waals surface area contributed by atoms with Crippen LogP contribution >= 0.6 is 0 Å². The van der Waals surface area contributed by atoms with E-state index in [0.717, 1.165) is 36.3 Å². The third-order valence-corrected chi connectivity index (χ3v) is 4.13. The van der Waals surface area contributed by atoms with Crippen LogP contribution in [0.3, 0.4) is 0 Å². The van der Waals surface area contributed by atoms with Crippen LogP contribution in [0.25, 0.3) is 11.5 Å². The van der Waals surface area contributed by atoms with Crippen LogP contribution in [0.5, 0.6) is 0 Å². The zero-order chi connectivity index (χ0) is 15.4. The molecule has 1 aromatic heterocycles. The summed E-state index contributed by atoms with van der Waals surface area (Å²) in [6.45, 7) is 4.11. The third kappa shape index (κ3) is 3.54. The van der Waals surface area contributed by atoms with Crippen LogP contribution in [-0.2, 0) is 4.79 Å². The number of rotatable bonds is 5. The molecule has 0 aliphatic carbocycles. The predicted octanol–water partition coefficient (Wildman–Crippen LogP) is 2.98. The molecule has 0 radical (unpaired) electrons. The quantitative estimate of drug-likeness (QED) is 0.890. The molecule has 2 aromatic rings. The van der Waals surface area contributed by atoms with Gasteiger partial charge in [0.05, 0.1) is 6.20 Å². The first-order chi connectivity index (χ1) is 10.7. The Morgan fingerprint density at radius 1 is 1.50 bits per heavy atom. The van der Waals surface area contributed by atoms with Crippen molar-refractivity contribution >= 4 is 11.6 Å². The van der Waals surface area contributed by atoms with Crippen molar-refractivity contribution in [3.8, 4) is 11.5 Å². The van der Waals surface area contributed by atoms with Crippen LogP contribution in [0.4, 0.5) is 5.69 Å². The van der Waals surface area contributed by atoms with Gasteiger partial charge >= 0.3 is 0 Å². The molecule has 1 aromatic carbocycles. The van der Waals surface area contributed by atoms with E-state index in [4.69, 9.17) is 4.42 Å². The topological polar surface area (TPSA) is 67.2 Å². The first kappa shape index (κ1) is 14.8. The van der Waals surface area contributed by atoms with E-state index in [-0.39, 0.29) is 5.91 Å². The van der Waals surface area contributed by atoms with Crippen LogP contribution in [0, 0.1) is 12.8 Å². The summed E-state index contributed by atoms with van der Waals surface area (Å²) in [6, 6.07) is 5.79. The summed E-state index contributed by atoms with van der Waals surface area (Å²) in [5.74, 6) is 1.27. The van der Waals surface area contributed by atoms with Crippen molar-refractivity contribution in [2.75, 3.05) is 18.4 Å².